The molecule has 2 atom stereocenters. The zero-order valence-corrected chi connectivity index (χ0v) is 22.2. The van der Waals surface area contributed by atoms with Gasteiger partial charge in [0.05, 0.1) is 11.3 Å². The van der Waals surface area contributed by atoms with Crippen molar-refractivity contribution in [2.75, 3.05) is 5.75 Å². The molecule has 38 heavy (non-hydrogen) atoms. The molecule has 1 saturated heterocycles. The molecule has 2 aliphatic rings. The highest BCUT2D eigenvalue weighted by Crippen LogP contribution is 2.45. The molecule has 0 spiro atoms. The van der Waals surface area contributed by atoms with Gasteiger partial charge in [0.1, 0.15) is 23.7 Å². The third kappa shape index (κ3) is 5.62. The number of non-ortho nitro benzene ring substituents is 1. The molecule has 2 aliphatic heterocycles. The molecule has 3 heterocycles. The van der Waals surface area contributed by atoms with Gasteiger partial charge in [-0.1, -0.05) is 36.0 Å². The minimum atomic E-state index is -0.729. The van der Waals surface area contributed by atoms with Gasteiger partial charge in [-0.2, -0.15) is 0 Å². The largest absolute Gasteiger partial charge is 0.456 e. The fourth-order valence-electron chi connectivity index (χ4n) is 4.02. The zero-order chi connectivity index (χ0) is 26.6. The average Bonchev–Trinajstić information content (AvgIpc) is 3.44. The van der Waals surface area contributed by atoms with Gasteiger partial charge in [0.25, 0.3) is 11.6 Å². The van der Waals surface area contributed by atoms with Gasteiger partial charge in [0, 0.05) is 32.6 Å². The Bertz CT molecular complexity index is 1390. The number of fused-ring (bicyclic) bond motifs is 1. The number of nitrogens with zero attached hydrogens (tertiary/aromatic N) is 2. The van der Waals surface area contributed by atoms with Gasteiger partial charge in [-0.3, -0.25) is 24.6 Å². The lowest BCUT2D eigenvalue weighted by atomic mass is 10.0. The number of carbonyl (C=O) groups is 3. The summed E-state index contributed by atoms with van der Waals surface area (Å²) in [6.45, 7) is -0.107. The molecule has 194 valence electrons. The minimum Gasteiger partial charge on any atom is -0.456 e. The van der Waals surface area contributed by atoms with Gasteiger partial charge in [0.15, 0.2) is 0 Å². The fraction of sp³-hybridized carbons (Fsp3) is 0.192. The summed E-state index contributed by atoms with van der Waals surface area (Å²) in [5.74, 6) is -0.812. The maximum atomic E-state index is 13.3. The van der Waals surface area contributed by atoms with E-state index in [4.69, 9.17) is 4.74 Å². The molecular formula is C26H21N3O6S3. The Kier molecular flexibility index (Phi) is 7.82. The summed E-state index contributed by atoms with van der Waals surface area (Å²) >= 11 is 4.35. The number of benzene rings is 2. The highest BCUT2D eigenvalue weighted by Gasteiger charge is 2.54. The highest BCUT2D eigenvalue weighted by molar-refractivity contribution is 8.06. The number of β-lactam (4-membered cyclic amide) rings is 1. The van der Waals surface area contributed by atoms with E-state index >= 15 is 0 Å². The van der Waals surface area contributed by atoms with Crippen molar-refractivity contribution in [3.8, 4) is 0 Å². The lowest BCUT2D eigenvalue weighted by molar-refractivity contribution is -0.384. The van der Waals surface area contributed by atoms with E-state index in [9.17, 15) is 24.5 Å². The number of hydrogen-bond donors (Lipinski definition) is 1. The van der Waals surface area contributed by atoms with Gasteiger partial charge in [0.2, 0.25) is 5.91 Å². The average molecular weight is 568 g/mol. The third-order valence-electron chi connectivity index (χ3n) is 5.86. The van der Waals surface area contributed by atoms with Crippen LogP contribution in [0.1, 0.15) is 10.4 Å². The molecule has 5 rings (SSSR count). The molecule has 12 heteroatoms. The maximum Gasteiger partial charge on any atom is 0.356 e. The van der Waals surface area contributed by atoms with Crippen molar-refractivity contribution >= 4 is 58.3 Å². The van der Waals surface area contributed by atoms with Crippen molar-refractivity contribution in [2.24, 2.45) is 0 Å². The molecule has 0 saturated carbocycles. The number of nitrogens with one attached hydrogen (secondary N) is 1. The number of rotatable bonds is 9. The second-order valence-corrected chi connectivity index (χ2v) is 11.7. The number of ether oxygens (including phenoxy) is 1. The molecule has 0 radical (unpaired) electrons. The van der Waals surface area contributed by atoms with Crippen molar-refractivity contribution in [1.29, 1.82) is 0 Å². The van der Waals surface area contributed by atoms with Crippen molar-refractivity contribution in [1.82, 2.24) is 10.2 Å². The summed E-state index contributed by atoms with van der Waals surface area (Å²) in [6.07, 6.45) is 0.188. The Morgan fingerprint density at radius 1 is 1.11 bits per heavy atom. The number of nitro groups is 1. The fourth-order valence-corrected chi connectivity index (χ4v) is 7.21. The van der Waals surface area contributed by atoms with Crippen LogP contribution in [0.3, 0.4) is 0 Å². The molecular weight excluding hydrogens is 547 g/mol. The van der Waals surface area contributed by atoms with Crippen LogP contribution in [0.15, 0.2) is 87.6 Å². The number of hydrogen-bond acceptors (Lipinski definition) is 9. The Morgan fingerprint density at radius 2 is 1.87 bits per heavy atom. The predicted octanol–water partition coefficient (Wildman–Crippen LogP) is 4.35. The van der Waals surface area contributed by atoms with Gasteiger partial charge in [-0.15, -0.1) is 23.1 Å². The monoisotopic (exact) mass is 567 g/mol. The zero-order valence-electron chi connectivity index (χ0n) is 19.8. The first-order valence-corrected chi connectivity index (χ1v) is 14.3. The van der Waals surface area contributed by atoms with Crippen molar-refractivity contribution in [2.45, 2.75) is 29.3 Å². The van der Waals surface area contributed by atoms with Crippen LogP contribution in [-0.2, 0) is 32.1 Å². The summed E-state index contributed by atoms with van der Waals surface area (Å²) in [5, 5.41) is 15.2. The number of thioether (sulfide) groups is 2. The predicted molar refractivity (Wildman–Crippen MR) is 145 cm³/mol. The van der Waals surface area contributed by atoms with E-state index in [0.29, 0.717) is 16.2 Å². The molecule has 1 unspecified atom stereocenters. The summed E-state index contributed by atoms with van der Waals surface area (Å²) in [7, 11) is 0. The molecule has 2 amide bonds. The number of carbonyl (C=O) groups excluding carboxylic acids is 3. The summed E-state index contributed by atoms with van der Waals surface area (Å²) in [6, 6.07) is 18.2. The molecule has 1 aromatic heterocycles. The van der Waals surface area contributed by atoms with Crippen LogP contribution < -0.4 is 5.32 Å². The molecule has 1 fully saturated rings. The lowest BCUT2D eigenvalue weighted by Crippen LogP contribution is -2.70. The van der Waals surface area contributed by atoms with E-state index in [-0.39, 0.29) is 36.2 Å². The van der Waals surface area contributed by atoms with E-state index in [1.165, 1.54) is 64.0 Å². The minimum absolute atomic E-state index is 0.0603. The van der Waals surface area contributed by atoms with Crippen molar-refractivity contribution in [3.05, 3.63) is 103 Å². The normalized spacial score (nSPS) is 18.4. The SMILES string of the molecule is O=C(Cc1cccs1)NC1C(=O)N2C(C(=O)OCc3ccc([N+](=O)[O-])cc3)=C(Sc3ccccc3)CS[C@H]12. The number of nitro benzene ring substituents is 1. The second-order valence-electron chi connectivity index (χ2n) is 8.40. The highest BCUT2D eigenvalue weighted by atomic mass is 32.2. The van der Waals surface area contributed by atoms with E-state index in [2.05, 4.69) is 5.32 Å². The standard InChI is InChI=1S/C26H21N3O6S3/c30-21(13-19-7-4-12-36-19)27-22-24(31)28-23(20(15-37-25(22)28)38-18-5-2-1-3-6-18)26(32)35-14-16-8-10-17(11-9-16)29(33)34/h1-12,22,25H,13-15H2,(H,27,30)/t22?,25-/m1/s1. The van der Waals surface area contributed by atoms with Crippen LogP contribution in [-0.4, -0.2) is 44.8 Å². The summed E-state index contributed by atoms with van der Waals surface area (Å²) in [5.41, 5.74) is 0.685. The van der Waals surface area contributed by atoms with Gasteiger partial charge in [-0.05, 0) is 41.3 Å². The van der Waals surface area contributed by atoms with Crippen LogP contribution in [0.2, 0.25) is 0 Å². The summed E-state index contributed by atoms with van der Waals surface area (Å²) < 4.78 is 5.55. The van der Waals surface area contributed by atoms with Crippen LogP contribution in [0.4, 0.5) is 5.69 Å². The Labute approximate surface area is 230 Å². The van der Waals surface area contributed by atoms with Gasteiger partial charge < -0.3 is 10.1 Å². The first-order valence-electron chi connectivity index (χ1n) is 11.5. The van der Waals surface area contributed by atoms with E-state index in [1.807, 2.05) is 47.8 Å². The summed E-state index contributed by atoms with van der Waals surface area (Å²) in [4.78, 5) is 53.4. The van der Waals surface area contributed by atoms with Crippen LogP contribution in [0.25, 0.3) is 0 Å². The van der Waals surface area contributed by atoms with Crippen LogP contribution in [0, 0.1) is 10.1 Å². The van der Waals surface area contributed by atoms with Crippen LogP contribution in [0.5, 0.6) is 0 Å². The van der Waals surface area contributed by atoms with Crippen molar-refractivity contribution < 1.29 is 24.0 Å². The first-order chi connectivity index (χ1) is 18.4. The van der Waals surface area contributed by atoms with Gasteiger partial charge in [-0.25, -0.2) is 4.79 Å². The molecule has 9 nitrogen and oxygen atoms in total. The second kappa shape index (κ2) is 11.4. The molecule has 0 bridgehead atoms. The van der Waals surface area contributed by atoms with Crippen LogP contribution >= 0.6 is 34.9 Å². The molecule has 1 N–H and O–H groups in total. The smallest absolute Gasteiger partial charge is 0.356 e. The first kappa shape index (κ1) is 26.0. The Morgan fingerprint density at radius 3 is 2.55 bits per heavy atom. The topological polar surface area (TPSA) is 119 Å². The quantitative estimate of drug-likeness (QED) is 0.176. The van der Waals surface area contributed by atoms with E-state index in [1.54, 1.807) is 0 Å². The lowest BCUT2D eigenvalue weighted by Gasteiger charge is -2.49. The maximum absolute atomic E-state index is 13.3. The number of amides is 2. The van der Waals surface area contributed by atoms with Crippen molar-refractivity contribution in [3.63, 3.8) is 0 Å². The Hall–Kier alpha value is -3.61. The van der Waals surface area contributed by atoms with E-state index < -0.39 is 22.3 Å². The third-order valence-corrected chi connectivity index (χ3v) is 9.29. The van der Waals surface area contributed by atoms with Gasteiger partial charge >= 0.3 is 5.97 Å². The molecule has 0 aliphatic carbocycles. The number of esters is 1. The number of thiophene rings is 1. The van der Waals surface area contributed by atoms with E-state index in [0.717, 1.165) is 9.77 Å². The molecule has 3 aromatic rings. The molecule has 2 aromatic carbocycles. The Balaban J connectivity index is 1.33.